The Bertz CT molecular complexity index is 3450. The molecule has 61 heavy (non-hydrogen) atoms. The summed E-state index contributed by atoms with van der Waals surface area (Å²) in [6.07, 6.45) is 0. The maximum atomic E-state index is 7.14. The van der Waals surface area contributed by atoms with Crippen LogP contribution >= 0.6 is 11.3 Å². The Kier molecular flexibility index (Phi) is 6.85. The van der Waals surface area contributed by atoms with E-state index in [9.17, 15) is 0 Å². The molecule has 0 saturated heterocycles. The number of benzene rings is 9. The van der Waals surface area contributed by atoms with Gasteiger partial charge in [0.1, 0.15) is 11.5 Å². The topological polar surface area (TPSA) is 19.0 Å². The van der Waals surface area contributed by atoms with Crippen LogP contribution in [0.5, 0.6) is 11.5 Å². The van der Waals surface area contributed by atoms with Crippen LogP contribution in [-0.2, 0) is 0 Å². The lowest BCUT2D eigenvalue weighted by molar-refractivity contribution is 0.488. The summed E-state index contributed by atoms with van der Waals surface area (Å²) in [5.41, 5.74) is 18.2. The Morgan fingerprint density at radius 1 is 0.361 bits per heavy atom. The van der Waals surface area contributed by atoms with Crippen molar-refractivity contribution in [2.45, 2.75) is 0 Å². The van der Waals surface area contributed by atoms with Crippen LogP contribution in [0.25, 0.3) is 20.2 Å². The van der Waals surface area contributed by atoms with Crippen molar-refractivity contribution in [2.24, 2.45) is 0 Å². The average Bonchev–Trinajstić information content (AvgIpc) is 3.71. The molecule has 14 rings (SSSR count). The Hall–Kier alpha value is -7.47. The molecule has 0 radical (unpaired) electrons. The van der Waals surface area contributed by atoms with E-state index in [-0.39, 0.29) is 13.4 Å². The highest BCUT2D eigenvalue weighted by Gasteiger charge is 2.47. The van der Waals surface area contributed by atoms with E-state index in [4.69, 9.17) is 4.74 Å². The van der Waals surface area contributed by atoms with Gasteiger partial charge in [-0.05, 0) is 106 Å². The van der Waals surface area contributed by atoms with Crippen LogP contribution in [0.3, 0.4) is 0 Å². The van der Waals surface area contributed by atoms with Crippen LogP contribution in [0.4, 0.5) is 51.2 Å². The molecule has 4 aliphatic heterocycles. The maximum absolute atomic E-state index is 7.14. The minimum absolute atomic E-state index is 0.0211. The van der Waals surface area contributed by atoms with Crippen molar-refractivity contribution in [3.8, 4) is 11.5 Å². The van der Waals surface area contributed by atoms with Gasteiger partial charge in [-0.15, -0.1) is 11.3 Å². The second-order valence-electron chi connectivity index (χ2n) is 16.4. The molecule has 4 aliphatic rings. The first kappa shape index (κ1) is 33.4. The van der Waals surface area contributed by atoms with E-state index in [1.165, 1.54) is 75.7 Å². The number of ether oxygens (including phenoxy) is 1. The van der Waals surface area contributed by atoms with Crippen molar-refractivity contribution >= 4 is 129 Å². The zero-order chi connectivity index (χ0) is 39.8. The monoisotopic (exact) mass is 793 g/mol. The summed E-state index contributed by atoms with van der Waals surface area (Å²) in [4.78, 5) is 7.41. The molecule has 0 N–H and O–H groups in total. The van der Waals surface area contributed by atoms with E-state index >= 15 is 0 Å². The lowest BCUT2D eigenvalue weighted by Crippen LogP contribution is -2.64. The van der Waals surface area contributed by atoms with E-state index < -0.39 is 0 Å². The Morgan fingerprint density at radius 3 is 1.69 bits per heavy atom. The Balaban J connectivity index is 1.08. The molecule has 0 aliphatic carbocycles. The molecular formula is C54H33B2N3OS. The molecule has 0 bridgehead atoms. The van der Waals surface area contributed by atoms with E-state index in [0.717, 1.165) is 39.9 Å². The fourth-order valence-electron chi connectivity index (χ4n) is 10.9. The van der Waals surface area contributed by atoms with Gasteiger partial charge in [-0.2, -0.15) is 0 Å². The molecule has 9 aromatic carbocycles. The van der Waals surface area contributed by atoms with E-state index in [2.05, 4.69) is 215 Å². The van der Waals surface area contributed by atoms with Crippen molar-refractivity contribution in [2.75, 3.05) is 14.7 Å². The second kappa shape index (κ2) is 12.5. The third kappa shape index (κ3) is 4.56. The van der Waals surface area contributed by atoms with Gasteiger partial charge in [0, 0.05) is 67.0 Å². The fraction of sp³-hybridized carbons (Fsp3) is 0. The molecule has 4 nitrogen and oxygen atoms in total. The van der Waals surface area contributed by atoms with Gasteiger partial charge in [0.25, 0.3) is 13.4 Å². The fourth-order valence-corrected chi connectivity index (χ4v) is 12.1. The number of nitrogens with zero attached hydrogens (tertiary/aromatic N) is 3. The van der Waals surface area contributed by atoms with Crippen LogP contribution in [0.15, 0.2) is 200 Å². The summed E-state index contributed by atoms with van der Waals surface area (Å²) in [5, 5.41) is 2.60. The number of anilines is 9. The maximum Gasteiger partial charge on any atom is 0.256 e. The van der Waals surface area contributed by atoms with Gasteiger partial charge >= 0.3 is 0 Å². The van der Waals surface area contributed by atoms with Crippen LogP contribution in [0, 0.1) is 0 Å². The first-order valence-electron chi connectivity index (χ1n) is 21.0. The minimum atomic E-state index is -0.0349. The molecule has 0 fully saturated rings. The highest BCUT2D eigenvalue weighted by Crippen LogP contribution is 2.49. The van der Waals surface area contributed by atoms with Crippen molar-refractivity contribution in [1.82, 2.24) is 0 Å². The molecule has 282 valence electrons. The summed E-state index contributed by atoms with van der Waals surface area (Å²) in [6, 6.07) is 73.4. The number of rotatable bonds is 3. The molecule has 0 saturated carbocycles. The predicted octanol–water partition coefficient (Wildman–Crippen LogP) is 10.5. The molecule has 0 atom stereocenters. The number of hydrogen-bond donors (Lipinski definition) is 0. The van der Waals surface area contributed by atoms with E-state index in [1.54, 1.807) is 0 Å². The third-order valence-corrected chi connectivity index (χ3v) is 14.5. The summed E-state index contributed by atoms with van der Waals surface area (Å²) >= 11 is 1.91. The molecule has 0 spiro atoms. The molecule has 0 unspecified atom stereocenters. The van der Waals surface area contributed by atoms with Crippen LogP contribution in [0.1, 0.15) is 0 Å². The quantitative estimate of drug-likeness (QED) is 0.166. The van der Waals surface area contributed by atoms with Crippen molar-refractivity contribution in [1.29, 1.82) is 0 Å². The third-order valence-electron chi connectivity index (χ3n) is 13.3. The van der Waals surface area contributed by atoms with Gasteiger partial charge in [0.05, 0.1) is 10.4 Å². The summed E-state index contributed by atoms with van der Waals surface area (Å²) in [5.74, 6) is 1.81. The Morgan fingerprint density at radius 2 is 0.934 bits per heavy atom. The summed E-state index contributed by atoms with van der Waals surface area (Å²) in [6.45, 7) is -0.0560. The average molecular weight is 794 g/mol. The van der Waals surface area contributed by atoms with Gasteiger partial charge in [0.15, 0.2) is 0 Å². The van der Waals surface area contributed by atoms with Crippen LogP contribution in [-0.4, -0.2) is 13.4 Å². The summed E-state index contributed by atoms with van der Waals surface area (Å²) < 4.78 is 9.76. The van der Waals surface area contributed by atoms with E-state index in [0.29, 0.717) is 0 Å². The number of hydrogen-bond acceptors (Lipinski definition) is 5. The lowest BCUT2D eigenvalue weighted by atomic mass is 9.30. The number of para-hydroxylation sites is 4. The molecule has 7 heteroatoms. The standard InChI is InChI=1S/C54H33B2N3OS/c1-4-16-34(17-5-1)57-43-24-12-11-23-39(43)55-42-32-41-47(33-49(42)60-48-28-15-27-46(57)52(48)55)58(35-18-6-2-7-19-35)44-25-14-26-45-51(44)56(41)40-31-30-38-37-22-10-13-29-50(37)61-54(38)53(40)59(45)36-20-8-3-9-21-36/h1-33H. The zero-order valence-electron chi connectivity index (χ0n) is 32.9. The first-order valence-corrected chi connectivity index (χ1v) is 21.8. The van der Waals surface area contributed by atoms with Gasteiger partial charge in [-0.25, -0.2) is 0 Å². The van der Waals surface area contributed by atoms with Gasteiger partial charge < -0.3 is 19.4 Å². The van der Waals surface area contributed by atoms with Crippen molar-refractivity contribution < 1.29 is 4.74 Å². The number of thiophene rings is 1. The summed E-state index contributed by atoms with van der Waals surface area (Å²) in [7, 11) is 0. The van der Waals surface area contributed by atoms with Crippen molar-refractivity contribution in [3.63, 3.8) is 0 Å². The zero-order valence-corrected chi connectivity index (χ0v) is 33.7. The van der Waals surface area contributed by atoms with Crippen LogP contribution in [0.2, 0.25) is 0 Å². The molecule has 1 aromatic heterocycles. The normalized spacial score (nSPS) is 13.9. The SMILES string of the molecule is c1ccc(N2c3ccccc3B3c4cc5c(cc4Oc4cccc2c43)N(c2ccccc2)c2cccc3c2B5c2ccc4c(sc5ccccc54)c2N3c2ccccc2)cc1. The molecule has 5 heterocycles. The highest BCUT2D eigenvalue weighted by atomic mass is 32.1. The smallest absolute Gasteiger partial charge is 0.256 e. The molecule has 10 aromatic rings. The first-order chi connectivity index (χ1) is 30.3. The number of fused-ring (bicyclic) bond motifs is 12. The van der Waals surface area contributed by atoms with Gasteiger partial charge in [-0.1, -0.05) is 121 Å². The molecule has 0 amide bonds. The lowest BCUT2D eigenvalue weighted by Gasteiger charge is -2.45. The predicted molar refractivity (Wildman–Crippen MR) is 259 cm³/mol. The molecular weight excluding hydrogens is 760 g/mol. The highest BCUT2D eigenvalue weighted by molar-refractivity contribution is 7.26. The van der Waals surface area contributed by atoms with Crippen LogP contribution < -0.4 is 52.2 Å². The van der Waals surface area contributed by atoms with Gasteiger partial charge in [-0.3, -0.25) is 0 Å². The second-order valence-corrected chi connectivity index (χ2v) is 17.4. The van der Waals surface area contributed by atoms with Gasteiger partial charge in [0.2, 0.25) is 0 Å². The van der Waals surface area contributed by atoms with Crippen molar-refractivity contribution in [3.05, 3.63) is 200 Å². The largest absolute Gasteiger partial charge is 0.458 e. The van der Waals surface area contributed by atoms with E-state index in [1.807, 2.05) is 11.3 Å². The minimum Gasteiger partial charge on any atom is -0.458 e. The Labute approximate surface area is 358 Å².